The Morgan fingerprint density at radius 2 is 2.07 bits per heavy atom. The number of rotatable bonds is 8. The molecule has 90 valence electrons. The van der Waals surface area contributed by atoms with Gasteiger partial charge in [-0.3, -0.25) is 4.79 Å². The average Bonchev–Trinajstić information content (AvgIpc) is 2.21. The molecule has 5 nitrogen and oxygen atoms in total. The number of hydrogen-bond acceptors (Lipinski definition) is 5. The number of carbonyl (C=O) groups excluding carboxylic acids is 1. The molecule has 0 fully saturated rings. The van der Waals surface area contributed by atoms with E-state index < -0.39 is 18.1 Å². The topological polar surface area (TPSA) is 81.8 Å². The van der Waals surface area contributed by atoms with Crippen LogP contribution in [-0.2, 0) is 14.3 Å². The summed E-state index contributed by atoms with van der Waals surface area (Å²) in [6, 6.07) is -0.972. The first-order valence-corrected chi connectivity index (χ1v) is 5.27. The quantitative estimate of drug-likeness (QED) is 0.445. The highest BCUT2D eigenvalue weighted by molar-refractivity contribution is 5.76. The predicted octanol–water partition coefficient (Wildman–Crippen LogP) is 0.0544. The van der Waals surface area contributed by atoms with E-state index in [4.69, 9.17) is 20.3 Å². The van der Waals surface area contributed by atoms with E-state index in [0.29, 0.717) is 13.2 Å². The highest BCUT2D eigenvalue weighted by Crippen LogP contribution is 1.93. The van der Waals surface area contributed by atoms with Crippen molar-refractivity contribution >= 4 is 5.97 Å². The molecule has 2 atom stereocenters. The fourth-order valence-electron chi connectivity index (χ4n) is 0.843. The number of ether oxygens (including phenoxy) is 2. The van der Waals surface area contributed by atoms with Crippen LogP contribution in [0.15, 0.2) is 0 Å². The van der Waals surface area contributed by atoms with Crippen LogP contribution in [0.1, 0.15) is 26.7 Å². The van der Waals surface area contributed by atoms with Crippen LogP contribution in [0.3, 0.4) is 0 Å². The first-order valence-electron chi connectivity index (χ1n) is 5.27. The minimum Gasteiger partial charge on any atom is -0.462 e. The van der Waals surface area contributed by atoms with Gasteiger partial charge in [0, 0.05) is 6.61 Å². The van der Waals surface area contributed by atoms with Crippen LogP contribution in [0.2, 0.25) is 0 Å². The normalized spacial score (nSPS) is 14.7. The first-order chi connectivity index (χ1) is 7.09. The molecule has 0 rings (SSSR count). The maximum atomic E-state index is 11.1. The molecule has 0 bridgehead atoms. The lowest BCUT2D eigenvalue weighted by atomic mass is 10.2. The van der Waals surface area contributed by atoms with Crippen molar-refractivity contribution in [3.8, 4) is 0 Å². The summed E-state index contributed by atoms with van der Waals surface area (Å²) in [6.45, 7) is 4.76. The van der Waals surface area contributed by atoms with Crippen LogP contribution < -0.4 is 5.73 Å². The first kappa shape index (κ1) is 14.3. The fraction of sp³-hybridized carbons (Fsp3) is 0.900. The highest BCUT2D eigenvalue weighted by atomic mass is 16.6. The van der Waals surface area contributed by atoms with Gasteiger partial charge in [0.25, 0.3) is 0 Å². The second kappa shape index (κ2) is 8.64. The Morgan fingerprint density at radius 1 is 1.40 bits per heavy atom. The molecule has 5 heteroatoms. The maximum absolute atomic E-state index is 11.1. The number of aliphatic hydroxyl groups excluding tert-OH is 1. The molecule has 0 amide bonds. The molecule has 0 saturated carbocycles. The fourth-order valence-corrected chi connectivity index (χ4v) is 0.843. The Kier molecular flexibility index (Phi) is 8.27. The molecular weight excluding hydrogens is 198 g/mol. The molecule has 15 heavy (non-hydrogen) atoms. The van der Waals surface area contributed by atoms with E-state index in [0.717, 1.165) is 12.8 Å². The lowest BCUT2D eigenvalue weighted by Gasteiger charge is -2.13. The van der Waals surface area contributed by atoms with E-state index in [2.05, 4.69) is 6.92 Å². The van der Waals surface area contributed by atoms with Crippen LogP contribution in [0, 0.1) is 0 Å². The molecule has 0 saturated heterocycles. The van der Waals surface area contributed by atoms with Crippen molar-refractivity contribution < 1.29 is 19.4 Å². The van der Waals surface area contributed by atoms with Crippen molar-refractivity contribution in [2.75, 3.05) is 19.8 Å². The molecule has 0 aliphatic heterocycles. The minimum absolute atomic E-state index is 0.183. The third-order valence-electron chi connectivity index (χ3n) is 1.91. The molecule has 0 spiro atoms. The van der Waals surface area contributed by atoms with Gasteiger partial charge in [-0.25, -0.2) is 0 Å². The molecule has 0 aromatic rings. The second-order valence-corrected chi connectivity index (χ2v) is 3.40. The van der Waals surface area contributed by atoms with Gasteiger partial charge in [-0.1, -0.05) is 13.3 Å². The average molecular weight is 219 g/mol. The Hall–Kier alpha value is -0.650. The summed E-state index contributed by atoms with van der Waals surface area (Å²) >= 11 is 0. The number of aliphatic hydroxyl groups is 1. The summed E-state index contributed by atoms with van der Waals surface area (Å²) in [5.74, 6) is -0.593. The van der Waals surface area contributed by atoms with Crippen molar-refractivity contribution in [2.45, 2.75) is 38.8 Å². The van der Waals surface area contributed by atoms with Crippen LogP contribution in [0.25, 0.3) is 0 Å². The summed E-state index contributed by atoms with van der Waals surface area (Å²) in [6.07, 6.45) is 1.19. The summed E-state index contributed by atoms with van der Waals surface area (Å²) in [4.78, 5) is 11.1. The molecule has 0 aromatic carbocycles. The smallest absolute Gasteiger partial charge is 0.325 e. The number of unbranched alkanes of at least 4 members (excludes halogenated alkanes) is 1. The van der Waals surface area contributed by atoms with Gasteiger partial charge < -0.3 is 20.3 Å². The van der Waals surface area contributed by atoms with Gasteiger partial charge in [0.1, 0.15) is 12.6 Å². The molecule has 0 radical (unpaired) electrons. The molecule has 0 heterocycles. The van der Waals surface area contributed by atoms with Crippen molar-refractivity contribution in [1.29, 1.82) is 0 Å². The Balaban J connectivity index is 3.39. The Morgan fingerprint density at radius 3 is 2.60 bits per heavy atom. The Labute approximate surface area is 90.5 Å². The van der Waals surface area contributed by atoms with Gasteiger partial charge in [0.2, 0.25) is 0 Å². The van der Waals surface area contributed by atoms with E-state index in [1.807, 2.05) is 0 Å². The van der Waals surface area contributed by atoms with E-state index in [9.17, 15) is 4.79 Å². The summed E-state index contributed by atoms with van der Waals surface area (Å²) in [7, 11) is 0. The largest absolute Gasteiger partial charge is 0.462 e. The standard InChI is InChI=1S/C10H21NO4/c1-3-4-5-14-6-7-15-10(13)9(11)8(2)12/h8-9,12H,3-7,11H2,1-2H3. The predicted molar refractivity (Wildman–Crippen MR) is 56.3 cm³/mol. The van der Waals surface area contributed by atoms with Gasteiger partial charge >= 0.3 is 5.97 Å². The van der Waals surface area contributed by atoms with Gasteiger partial charge in [-0.15, -0.1) is 0 Å². The monoisotopic (exact) mass is 219 g/mol. The molecule has 0 aliphatic rings. The Bertz CT molecular complexity index is 173. The lowest BCUT2D eigenvalue weighted by molar-refractivity contribution is -0.149. The van der Waals surface area contributed by atoms with Crippen LogP contribution >= 0.6 is 0 Å². The van der Waals surface area contributed by atoms with E-state index >= 15 is 0 Å². The number of hydrogen-bond donors (Lipinski definition) is 2. The van der Waals surface area contributed by atoms with Gasteiger partial charge in [0.05, 0.1) is 12.7 Å². The van der Waals surface area contributed by atoms with Crippen LogP contribution in [0.4, 0.5) is 0 Å². The molecule has 0 aliphatic carbocycles. The number of esters is 1. The van der Waals surface area contributed by atoms with Gasteiger partial charge in [-0.2, -0.15) is 0 Å². The maximum Gasteiger partial charge on any atom is 0.325 e. The highest BCUT2D eigenvalue weighted by Gasteiger charge is 2.19. The summed E-state index contributed by atoms with van der Waals surface area (Å²) in [5, 5.41) is 9.01. The minimum atomic E-state index is -0.972. The van der Waals surface area contributed by atoms with E-state index in [-0.39, 0.29) is 6.61 Å². The van der Waals surface area contributed by atoms with Crippen molar-refractivity contribution in [3.05, 3.63) is 0 Å². The van der Waals surface area contributed by atoms with Crippen LogP contribution in [0.5, 0.6) is 0 Å². The molecular formula is C10H21NO4. The number of nitrogens with two attached hydrogens (primary N) is 1. The summed E-state index contributed by atoms with van der Waals surface area (Å²) in [5.41, 5.74) is 5.36. The zero-order valence-electron chi connectivity index (χ0n) is 9.44. The van der Waals surface area contributed by atoms with Gasteiger partial charge in [-0.05, 0) is 13.3 Å². The van der Waals surface area contributed by atoms with E-state index in [1.165, 1.54) is 6.92 Å². The molecule has 0 aromatic heterocycles. The van der Waals surface area contributed by atoms with Crippen molar-refractivity contribution in [1.82, 2.24) is 0 Å². The zero-order chi connectivity index (χ0) is 11.7. The number of carbonyl (C=O) groups is 1. The zero-order valence-corrected chi connectivity index (χ0v) is 9.44. The third kappa shape index (κ3) is 7.30. The lowest BCUT2D eigenvalue weighted by Crippen LogP contribution is -2.41. The van der Waals surface area contributed by atoms with E-state index in [1.54, 1.807) is 0 Å². The van der Waals surface area contributed by atoms with Crippen LogP contribution in [-0.4, -0.2) is 43.0 Å². The summed E-state index contributed by atoms with van der Waals surface area (Å²) < 4.78 is 9.98. The van der Waals surface area contributed by atoms with Crippen molar-refractivity contribution in [3.63, 3.8) is 0 Å². The third-order valence-corrected chi connectivity index (χ3v) is 1.91. The van der Waals surface area contributed by atoms with Crippen molar-refractivity contribution in [2.24, 2.45) is 5.73 Å². The molecule has 2 unspecified atom stereocenters. The van der Waals surface area contributed by atoms with Gasteiger partial charge in [0.15, 0.2) is 0 Å². The second-order valence-electron chi connectivity index (χ2n) is 3.40. The molecule has 3 N–H and O–H groups in total. The SMILES string of the molecule is CCCCOCCOC(=O)C(N)C(C)O.